The first-order valence-electron chi connectivity index (χ1n) is 10.3. The lowest BCUT2D eigenvalue weighted by Crippen LogP contribution is -2.37. The highest BCUT2D eigenvalue weighted by atomic mass is 35.5. The first-order valence-corrected chi connectivity index (χ1v) is 10.7. The van der Waals surface area contributed by atoms with Crippen molar-refractivity contribution in [3.8, 4) is 17.2 Å². The Labute approximate surface area is 200 Å². The molecule has 4 rings (SSSR count). The molecule has 0 saturated heterocycles. The minimum absolute atomic E-state index is 0.0673. The molecule has 1 N–H and O–H groups in total. The van der Waals surface area contributed by atoms with E-state index in [1.807, 2.05) is 0 Å². The first kappa shape index (κ1) is 24.5. The van der Waals surface area contributed by atoms with Gasteiger partial charge in [-0.1, -0.05) is 18.5 Å². The number of aliphatic hydroxyl groups excluding tert-OH is 1. The van der Waals surface area contributed by atoms with Gasteiger partial charge < -0.3 is 5.11 Å². The van der Waals surface area contributed by atoms with Crippen LogP contribution in [0.1, 0.15) is 18.6 Å². The third-order valence-corrected chi connectivity index (χ3v) is 5.28. The van der Waals surface area contributed by atoms with Crippen LogP contribution in [-0.2, 0) is 19.5 Å². The van der Waals surface area contributed by atoms with Gasteiger partial charge in [-0.25, -0.2) is 23.8 Å². The van der Waals surface area contributed by atoms with Crippen molar-refractivity contribution in [1.29, 1.82) is 0 Å². The molecule has 4 aromatic rings. The Morgan fingerprint density at radius 1 is 1.14 bits per heavy atom. The van der Waals surface area contributed by atoms with Gasteiger partial charge in [0, 0.05) is 23.2 Å². The van der Waals surface area contributed by atoms with E-state index in [4.69, 9.17) is 11.6 Å². The predicted molar refractivity (Wildman–Crippen MR) is 117 cm³/mol. The van der Waals surface area contributed by atoms with Gasteiger partial charge in [-0.3, -0.25) is 4.57 Å². The van der Waals surface area contributed by atoms with Gasteiger partial charge in [0.1, 0.15) is 12.4 Å². The molecule has 0 spiro atoms. The van der Waals surface area contributed by atoms with Crippen LogP contribution in [0.25, 0.3) is 17.2 Å². The minimum Gasteiger partial charge on any atom is -0.382 e. The lowest BCUT2D eigenvalue weighted by Gasteiger charge is -2.15. The molecule has 14 heteroatoms. The molecule has 9 nitrogen and oxygen atoms in total. The lowest BCUT2D eigenvalue weighted by atomic mass is 10.2. The number of nitrogens with zero attached hydrogens (tertiary/aromatic N) is 7. The van der Waals surface area contributed by atoms with Gasteiger partial charge in [0.05, 0.1) is 6.54 Å². The molecule has 0 fully saturated rings. The van der Waals surface area contributed by atoms with Crippen molar-refractivity contribution < 1.29 is 22.7 Å². The zero-order valence-electron chi connectivity index (χ0n) is 18.1. The van der Waals surface area contributed by atoms with Gasteiger partial charge in [-0.05, 0) is 36.4 Å². The number of pyridine rings is 1. The zero-order chi connectivity index (χ0) is 25.3. The van der Waals surface area contributed by atoms with Crippen molar-refractivity contribution in [2.75, 3.05) is 0 Å². The monoisotopic (exact) mass is 511 g/mol. The fourth-order valence-corrected chi connectivity index (χ4v) is 3.45. The Balaban J connectivity index is 1.76. The van der Waals surface area contributed by atoms with Gasteiger partial charge >= 0.3 is 11.9 Å². The molecule has 1 aromatic carbocycles. The highest BCUT2D eigenvalue weighted by Crippen LogP contribution is 2.24. The number of hydrogen-bond donors (Lipinski definition) is 1. The van der Waals surface area contributed by atoms with Crippen LogP contribution in [0.5, 0.6) is 0 Å². The number of aryl methyl sites for hydroxylation is 1. The van der Waals surface area contributed by atoms with Crippen LogP contribution in [-0.4, -0.2) is 51.5 Å². The van der Waals surface area contributed by atoms with Crippen molar-refractivity contribution in [3.63, 3.8) is 0 Å². The van der Waals surface area contributed by atoms with E-state index in [2.05, 4.69) is 20.2 Å². The molecule has 3 aromatic heterocycles. The second-order valence-electron chi connectivity index (χ2n) is 7.46. The Hall–Kier alpha value is -3.58. The normalized spacial score (nSPS) is 12.8. The number of alkyl halides is 3. The van der Waals surface area contributed by atoms with Gasteiger partial charge in [0.15, 0.2) is 29.4 Å². The Morgan fingerprint density at radius 3 is 2.49 bits per heavy atom. The third-order valence-electron chi connectivity index (χ3n) is 5.02. The van der Waals surface area contributed by atoms with Gasteiger partial charge in [-0.2, -0.15) is 17.9 Å². The van der Waals surface area contributed by atoms with E-state index in [1.54, 1.807) is 6.92 Å². The maximum Gasteiger partial charge on any atom is 0.416 e. The Bertz CT molecular complexity index is 1400. The summed E-state index contributed by atoms with van der Waals surface area (Å²) in [6.07, 6.45) is -5.99. The third kappa shape index (κ3) is 5.10. The first-order chi connectivity index (χ1) is 16.6. The molecule has 184 valence electrons. The van der Waals surface area contributed by atoms with E-state index < -0.39 is 30.3 Å². The summed E-state index contributed by atoms with van der Waals surface area (Å²) >= 11 is 5.89. The number of halogens is 5. The number of rotatable bonds is 7. The molecule has 3 heterocycles. The smallest absolute Gasteiger partial charge is 0.382 e. The molecule has 0 bridgehead atoms. The molecular weight excluding hydrogens is 494 g/mol. The van der Waals surface area contributed by atoms with E-state index in [1.165, 1.54) is 47.3 Å². The van der Waals surface area contributed by atoms with Crippen LogP contribution in [0.15, 0.2) is 47.4 Å². The average Bonchev–Trinajstić information content (AvgIpc) is 3.35. The average molecular weight is 512 g/mol. The molecule has 0 aliphatic carbocycles. The number of aliphatic hydroxyl groups is 1. The maximum atomic E-state index is 14.2. The summed E-state index contributed by atoms with van der Waals surface area (Å²) in [5.41, 5.74) is -0.611. The lowest BCUT2D eigenvalue weighted by molar-refractivity contribution is -0.207. The van der Waals surface area contributed by atoms with Crippen LogP contribution in [0, 0.1) is 5.82 Å². The summed E-state index contributed by atoms with van der Waals surface area (Å²) in [5, 5.41) is 18.3. The van der Waals surface area contributed by atoms with Crippen molar-refractivity contribution in [2.45, 2.75) is 38.7 Å². The molecule has 35 heavy (non-hydrogen) atoms. The fraction of sp³-hybridized carbons (Fsp3) is 0.286. The molecule has 0 aliphatic rings. The fourth-order valence-electron chi connectivity index (χ4n) is 3.32. The topological polar surface area (TPSA) is 104 Å². The highest BCUT2D eigenvalue weighted by Gasteiger charge is 2.39. The van der Waals surface area contributed by atoms with Crippen molar-refractivity contribution >= 4 is 11.6 Å². The summed E-state index contributed by atoms with van der Waals surface area (Å²) in [4.78, 5) is 21.3. The quantitative estimate of drug-likeness (QED) is 0.383. The SMILES string of the molecule is CCc1nc(Cn2nc(-c3ccc(Cl)cc3)n(CC(O)C(F)(F)F)c2=O)nn1-c1ncccc1F. The number of aromatic nitrogens is 7. The molecular formula is C21H18ClF4N7O2. The Morgan fingerprint density at radius 2 is 1.86 bits per heavy atom. The molecule has 0 saturated carbocycles. The minimum atomic E-state index is -4.94. The van der Waals surface area contributed by atoms with Crippen LogP contribution >= 0.6 is 11.6 Å². The molecule has 0 amide bonds. The zero-order valence-corrected chi connectivity index (χ0v) is 18.9. The number of benzene rings is 1. The van der Waals surface area contributed by atoms with E-state index in [0.29, 0.717) is 22.8 Å². The largest absolute Gasteiger partial charge is 0.416 e. The Kier molecular flexibility index (Phi) is 6.72. The van der Waals surface area contributed by atoms with E-state index in [-0.39, 0.29) is 24.0 Å². The van der Waals surface area contributed by atoms with E-state index in [9.17, 15) is 27.5 Å². The highest BCUT2D eigenvalue weighted by molar-refractivity contribution is 6.30. The second-order valence-corrected chi connectivity index (χ2v) is 7.89. The van der Waals surface area contributed by atoms with Crippen LogP contribution in [0.3, 0.4) is 0 Å². The summed E-state index contributed by atoms with van der Waals surface area (Å²) in [6.45, 7) is 0.383. The maximum absolute atomic E-state index is 14.2. The predicted octanol–water partition coefficient (Wildman–Crippen LogP) is 3.01. The number of hydrogen-bond acceptors (Lipinski definition) is 6. The molecule has 1 atom stereocenters. The van der Waals surface area contributed by atoms with Crippen molar-refractivity contribution in [2.24, 2.45) is 0 Å². The van der Waals surface area contributed by atoms with Crippen LogP contribution in [0.2, 0.25) is 5.02 Å². The van der Waals surface area contributed by atoms with E-state index in [0.717, 1.165) is 9.25 Å². The molecule has 1 unspecified atom stereocenters. The van der Waals surface area contributed by atoms with Crippen LogP contribution in [0.4, 0.5) is 17.6 Å². The molecule has 0 aliphatic heterocycles. The summed E-state index contributed by atoms with van der Waals surface area (Å²) in [6, 6.07) is 8.57. The summed E-state index contributed by atoms with van der Waals surface area (Å²) < 4.78 is 56.1. The van der Waals surface area contributed by atoms with Gasteiger partial charge in [0.2, 0.25) is 0 Å². The molecule has 0 radical (unpaired) electrons. The van der Waals surface area contributed by atoms with Crippen molar-refractivity contribution in [3.05, 3.63) is 75.6 Å². The van der Waals surface area contributed by atoms with Gasteiger partial charge in [-0.15, -0.1) is 10.2 Å². The second kappa shape index (κ2) is 9.58. The van der Waals surface area contributed by atoms with E-state index >= 15 is 0 Å². The summed E-state index contributed by atoms with van der Waals surface area (Å²) in [7, 11) is 0. The van der Waals surface area contributed by atoms with Gasteiger partial charge in [0.25, 0.3) is 0 Å². The summed E-state index contributed by atoms with van der Waals surface area (Å²) in [5.74, 6) is -0.406. The van der Waals surface area contributed by atoms with Crippen molar-refractivity contribution in [1.82, 2.24) is 34.1 Å². The van der Waals surface area contributed by atoms with Crippen LogP contribution < -0.4 is 5.69 Å². The standard InChI is InChI=1S/C21H18ClF4N7O2/c1-2-17-28-16(29-33(17)19-14(23)4-3-9-27-19)11-32-20(35)31(10-15(34)21(24,25)26)18(30-32)12-5-7-13(22)8-6-12/h3-9,15,34H,2,10-11H2,1H3.